The minimum absolute atomic E-state index is 0.00632. The van der Waals surface area contributed by atoms with Gasteiger partial charge in [-0.1, -0.05) is 0 Å². The van der Waals surface area contributed by atoms with E-state index in [1.165, 1.54) is 0 Å². The fourth-order valence-corrected chi connectivity index (χ4v) is 2.45. The van der Waals surface area contributed by atoms with E-state index in [1.807, 2.05) is 6.92 Å². The van der Waals surface area contributed by atoms with Gasteiger partial charge < -0.3 is 20.5 Å². The monoisotopic (exact) mass is 264 g/mol. The van der Waals surface area contributed by atoms with Gasteiger partial charge in [0.15, 0.2) is 0 Å². The summed E-state index contributed by atoms with van der Waals surface area (Å²) in [5, 5.41) is 9.28. The molecule has 0 bridgehead atoms. The van der Waals surface area contributed by atoms with E-state index in [1.54, 1.807) is 23.1 Å². The number of nitrogens with zero attached hydrogens (tertiary/aromatic N) is 1. The lowest BCUT2D eigenvalue weighted by atomic mass is 10.1. The molecule has 0 unspecified atom stereocenters. The van der Waals surface area contributed by atoms with E-state index in [0.29, 0.717) is 30.2 Å². The van der Waals surface area contributed by atoms with E-state index in [2.05, 4.69) is 0 Å². The smallest absolute Gasteiger partial charge is 0.254 e. The van der Waals surface area contributed by atoms with Crippen LogP contribution in [0.3, 0.4) is 0 Å². The fourth-order valence-electron chi connectivity index (χ4n) is 2.45. The summed E-state index contributed by atoms with van der Waals surface area (Å²) in [5.74, 6) is 0.510. The maximum Gasteiger partial charge on any atom is 0.254 e. The van der Waals surface area contributed by atoms with Crippen LogP contribution in [0.4, 0.5) is 5.69 Å². The van der Waals surface area contributed by atoms with Gasteiger partial charge in [-0.3, -0.25) is 4.79 Å². The molecule has 1 amide bonds. The number of carbonyl (C=O) groups is 1. The van der Waals surface area contributed by atoms with Crippen molar-refractivity contribution in [3.05, 3.63) is 23.8 Å². The minimum Gasteiger partial charge on any atom is -0.494 e. The molecule has 0 aliphatic carbocycles. The molecule has 1 aromatic rings. The van der Waals surface area contributed by atoms with E-state index in [0.717, 1.165) is 12.8 Å². The van der Waals surface area contributed by atoms with Gasteiger partial charge in [0, 0.05) is 23.9 Å². The summed E-state index contributed by atoms with van der Waals surface area (Å²) < 4.78 is 5.39. The number of aliphatic hydroxyl groups is 1. The molecule has 2 rings (SSSR count). The predicted molar refractivity (Wildman–Crippen MR) is 73.2 cm³/mol. The number of rotatable bonds is 4. The normalized spacial score (nSPS) is 18.6. The molecule has 1 aliphatic rings. The summed E-state index contributed by atoms with van der Waals surface area (Å²) in [6.45, 7) is 3.10. The number of hydrogen-bond donors (Lipinski definition) is 2. The Kier molecular flexibility index (Phi) is 4.27. The van der Waals surface area contributed by atoms with Crippen molar-refractivity contribution in [1.29, 1.82) is 0 Å². The number of anilines is 1. The van der Waals surface area contributed by atoms with Gasteiger partial charge in [-0.15, -0.1) is 0 Å². The number of hydrogen-bond acceptors (Lipinski definition) is 4. The summed E-state index contributed by atoms with van der Waals surface area (Å²) >= 11 is 0. The molecular weight excluding hydrogens is 244 g/mol. The first-order valence-electron chi connectivity index (χ1n) is 6.61. The molecule has 0 radical (unpaired) electrons. The summed E-state index contributed by atoms with van der Waals surface area (Å²) in [7, 11) is 0. The van der Waals surface area contributed by atoms with Crippen LogP contribution >= 0.6 is 0 Å². The Morgan fingerprint density at radius 1 is 1.53 bits per heavy atom. The molecule has 1 aromatic carbocycles. The van der Waals surface area contributed by atoms with Crippen LogP contribution in [0.2, 0.25) is 0 Å². The Balaban J connectivity index is 2.23. The molecule has 5 nitrogen and oxygen atoms in total. The number of ether oxygens (including phenoxy) is 1. The zero-order chi connectivity index (χ0) is 13.8. The fraction of sp³-hybridized carbons (Fsp3) is 0.500. The average Bonchev–Trinajstić information content (AvgIpc) is 2.85. The number of nitrogens with two attached hydrogens (primary N) is 1. The highest BCUT2D eigenvalue weighted by atomic mass is 16.5. The summed E-state index contributed by atoms with van der Waals surface area (Å²) in [6.07, 6.45) is 1.78. The number of nitrogen functional groups attached to an aromatic ring is 1. The first kappa shape index (κ1) is 13.7. The van der Waals surface area contributed by atoms with Crippen molar-refractivity contribution in [2.75, 3.05) is 25.5 Å². The first-order valence-corrected chi connectivity index (χ1v) is 6.61. The third kappa shape index (κ3) is 2.98. The number of carbonyl (C=O) groups excluding carboxylic acids is 1. The van der Waals surface area contributed by atoms with Crippen molar-refractivity contribution in [3.63, 3.8) is 0 Å². The second-order valence-electron chi connectivity index (χ2n) is 4.70. The maximum atomic E-state index is 12.4. The molecule has 0 saturated carbocycles. The van der Waals surface area contributed by atoms with Crippen molar-refractivity contribution in [3.8, 4) is 5.75 Å². The number of amides is 1. The molecule has 1 fully saturated rings. The molecule has 1 atom stereocenters. The first-order chi connectivity index (χ1) is 9.15. The second kappa shape index (κ2) is 5.93. The highest BCUT2D eigenvalue weighted by Gasteiger charge is 2.29. The van der Waals surface area contributed by atoms with E-state index in [-0.39, 0.29) is 18.6 Å². The van der Waals surface area contributed by atoms with Crippen LogP contribution in [0.5, 0.6) is 5.75 Å². The molecule has 5 heteroatoms. The van der Waals surface area contributed by atoms with Crippen molar-refractivity contribution < 1.29 is 14.6 Å². The van der Waals surface area contributed by atoms with Crippen LogP contribution in [0.25, 0.3) is 0 Å². The Morgan fingerprint density at radius 3 is 3.00 bits per heavy atom. The number of aliphatic hydroxyl groups excluding tert-OH is 1. The van der Waals surface area contributed by atoms with Crippen LogP contribution in [0.15, 0.2) is 18.2 Å². The van der Waals surface area contributed by atoms with Crippen LogP contribution in [-0.4, -0.2) is 41.7 Å². The zero-order valence-electron chi connectivity index (χ0n) is 11.1. The molecule has 0 aromatic heterocycles. The van der Waals surface area contributed by atoms with Gasteiger partial charge in [0.25, 0.3) is 5.91 Å². The predicted octanol–water partition coefficient (Wildman–Crippen LogP) is 1.26. The van der Waals surface area contributed by atoms with Crippen LogP contribution in [0.1, 0.15) is 30.1 Å². The maximum absolute atomic E-state index is 12.4. The molecule has 0 spiro atoms. The number of likely N-dealkylation sites (tertiary alicyclic amines) is 1. The largest absolute Gasteiger partial charge is 0.494 e. The Hall–Kier alpha value is -1.75. The highest BCUT2D eigenvalue weighted by Crippen LogP contribution is 2.24. The third-order valence-corrected chi connectivity index (χ3v) is 3.34. The topological polar surface area (TPSA) is 75.8 Å². The molecular formula is C14H20N2O3. The van der Waals surface area contributed by atoms with Gasteiger partial charge in [-0.05, 0) is 31.9 Å². The minimum atomic E-state index is -0.0928. The third-order valence-electron chi connectivity index (χ3n) is 3.34. The van der Waals surface area contributed by atoms with E-state index in [9.17, 15) is 9.90 Å². The van der Waals surface area contributed by atoms with Crippen molar-refractivity contribution in [1.82, 2.24) is 4.90 Å². The molecule has 1 aliphatic heterocycles. The summed E-state index contributed by atoms with van der Waals surface area (Å²) in [5.41, 5.74) is 6.82. The Morgan fingerprint density at radius 2 is 2.32 bits per heavy atom. The highest BCUT2D eigenvalue weighted by molar-refractivity contribution is 5.96. The van der Waals surface area contributed by atoms with Crippen molar-refractivity contribution in [2.45, 2.75) is 25.8 Å². The molecule has 1 saturated heterocycles. The SMILES string of the molecule is CCOc1cc(N)cc(C(=O)N2CCC[C@@H]2CO)c1. The Bertz CT molecular complexity index is 462. The van der Waals surface area contributed by atoms with E-state index in [4.69, 9.17) is 10.5 Å². The van der Waals surface area contributed by atoms with Crippen molar-refractivity contribution >= 4 is 11.6 Å². The molecule has 19 heavy (non-hydrogen) atoms. The second-order valence-corrected chi connectivity index (χ2v) is 4.70. The molecule has 3 N–H and O–H groups in total. The quantitative estimate of drug-likeness (QED) is 0.803. The lowest BCUT2D eigenvalue weighted by molar-refractivity contribution is 0.0677. The van der Waals surface area contributed by atoms with Crippen LogP contribution < -0.4 is 10.5 Å². The van der Waals surface area contributed by atoms with Crippen LogP contribution in [-0.2, 0) is 0 Å². The van der Waals surface area contributed by atoms with E-state index >= 15 is 0 Å². The van der Waals surface area contributed by atoms with Crippen LogP contribution in [0, 0.1) is 0 Å². The Labute approximate surface area is 113 Å². The van der Waals surface area contributed by atoms with Gasteiger partial charge >= 0.3 is 0 Å². The average molecular weight is 264 g/mol. The van der Waals surface area contributed by atoms with Gasteiger partial charge in [0.2, 0.25) is 0 Å². The van der Waals surface area contributed by atoms with Crippen molar-refractivity contribution in [2.24, 2.45) is 0 Å². The number of benzene rings is 1. The lowest BCUT2D eigenvalue weighted by Crippen LogP contribution is -2.37. The summed E-state index contributed by atoms with van der Waals surface area (Å²) in [6, 6.07) is 4.98. The molecule has 1 heterocycles. The van der Waals surface area contributed by atoms with Gasteiger partial charge in [-0.25, -0.2) is 0 Å². The molecule has 104 valence electrons. The van der Waals surface area contributed by atoms with Gasteiger partial charge in [0.1, 0.15) is 5.75 Å². The zero-order valence-corrected chi connectivity index (χ0v) is 11.1. The van der Waals surface area contributed by atoms with Gasteiger partial charge in [0.05, 0.1) is 19.3 Å². The standard InChI is InChI=1S/C14H20N2O3/c1-2-19-13-7-10(6-11(15)8-13)14(18)16-5-3-4-12(16)9-17/h6-8,12,17H,2-5,9,15H2,1H3/t12-/m1/s1. The van der Waals surface area contributed by atoms with E-state index < -0.39 is 0 Å². The lowest BCUT2D eigenvalue weighted by Gasteiger charge is -2.23. The summed E-state index contributed by atoms with van der Waals surface area (Å²) in [4.78, 5) is 14.1. The van der Waals surface area contributed by atoms with Gasteiger partial charge in [-0.2, -0.15) is 0 Å².